The van der Waals surface area contributed by atoms with Gasteiger partial charge in [-0.05, 0) is 31.0 Å². The average molecular weight is 331 g/mol. The van der Waals surface area contributed by atoms with Crippen molar-refractivity contribution in [1.82, 2.24) is 9.80 Å². The minimum absolute atomic E-state index is 0.107. The van der Waals surface area contributed by atoms with Crippen LogP contribution in [0.2, 0.25) is 0 Å². The van der Waals surface area contributed by atoms with Crippen LogP contribution in [0, 0.1) is 13.8 Å². The number of benzene rings is 1. The highest BCUT2D eigenvalue weighted by Gasteiger charge is 2.43. The third-order valence-corrected chi connectivity index (χ3v) is 4.99. The summed E-state index contributed by atoms with van der Waals surface area (Å²) in [6, 6.07) is 5.49. The molecule has 6 nitrogen and oxygen atoms in total. The molecule has 1 atom stereocenters. The second-order valence-corrected chi connectivity index (χ2v) is 6.68. The predicted octanol–water partition coefficient (Wildman–Crippen LogP) is 0.545. The summed E-state index contributed by atoms with van der Waals surface area (Å²) in [5, 5.41) is 9.02. The first-order valence-electron chi connectivity index (χ1n) is 8.52. The Morgan fingerprint density at radius 2 is 1.83 bits per heavy atom. The lowest BCUT2D eigenvalue weighted by molar-refractivity contribution is -0.123. The van der Waals surface area contributed by atoms with E-state index in [1.54, 1.807) is 0 Å². The Morgan fingerprint density at radius 3 is 2.50 bits per heavy atom. The van der Waals surface area contributed by atoms with E-state index in [1.807, 2.05) is 32.0 Å². The van der Waals surface area contributed by atoms with Crippen molar-refractivity contribution in [2.45, 2.75) is 26.3 Å². The Balaban J connectivity index is 1.74. The van der Waals surface area contributed by atoms with Gasteiger partial charge in [0, 0.05) is 32.7 Å². The maximum absolute atomic E-state index is 12.9. The van der Waals surface area contributed by atoms with Crippen LogP contribution in [0.15, 0.2) is 18.2 Å². The van der Waals surface area contributed by atoms with E-state index in [9.17, 15) is 9.59 Å². The number of aliphatic hydroxyl groups excluding tert-OH is 1. The molecule has 130 valence electrons. The monoisotopic (exact) mass is 331 g/mol. The van der Waals surface area contributed by atoms with Gasteiger partial charge in [0.05, 0.1) is 24.8 Å². The molecule has 6 heteroatoms. The first-order valence-corrected chi connectivity index (χ1v) is 8.52. The number of hydrogen-bond donors (Lipinski definition) is 1. The minimum Gasteiger partial charge on any atom is -0.395 e. The van der Waals surface area contributed by atoms with Gasteiger partial charge in [0.15, 0.2) is 0 Å². The number of anilines is 1. The smallest absolute Gasteiger partial charge is 0.251 e. The van der Waals surface area contributed by atoms with E-state index in [2.05, 4.69) is 9.80 Å². The fraction of sp³-hybridized carbons (Fsp3) is 0.556. The second-order valence-electron chi connectivity index (χ2n) is 6.68. The van der Waals surface area contributed by atoms with Crippen molar-refractivity contribution in [3.8, 4) is 0 Å². The standard InChI is InChI=1S/C18H25N3O3/c1-13-3-4-14(2)15(11-13)21-17(23)12-16(18(21)24)20-7-5-19(6-8-20)9-10-22/h3-4,11,16,22H,5-10,12H2,1-2H3. The Morgan fingerprint density at radius 1 is 1.12 bits per heavy atom. The number of β-amino-alcohol motifs (C(OH)–C–C–N with tert-alkyl or cyclic N) is 1. The van der Waals surface area contributed by atoms with Crippen LogP contribution in [-0.2, 0) is 9.59 Å². The number of amides is 2. The molecule has 1 N–H and O–H groups in total. The van der Waals surface area contributed by atoms with Gasteiger partial charge in [0.2, 0.25) is 5.91 Å². The largest absolute Gasteiger partial charge is 0.395 e. The molecule has 2 heterocycles. The fourth-order valence-corrected chi connectivity index (χ4v) is 3.55. The Kier molecular flexibility index (Phi) is 4.99. The number of piperazine rings is 1. The van der Waals surface area contributed by atoms with Crippen LogP contribution in [0.1, 0.15) is 17.5 Å². The number of carbonyl (C=O) groups is 2. The zero-order valence-electron chi connectivity index (χ0n) is 14.4. The third-order valence-electron chi connectivity index (χ3n) is 4.99. The molecule has 1 aromatic rings. The zero-order chi connectivity index (χ0) is 17.3. The average Bonchev–Trinajstić information content (AvgIpc) is 2.86. The maximum atomic E-state index is 12.9. The van der Waals surface area contributed by atoms with Gasteiger partial charge in [-0.3, -0.25) is 19.4 Å². The maximum Gasteiger partial charge on any atom is 0.251 e. The number of nitrogens with zero attached hydrogens (tertiary/aromatic N) is 3. The highest BCUT2D eigenvalue weighted by atomic mass is 16.3. The van der Waals surface area contributed by atoms with Crippen molar-refractivity contribution in [2.75, 3.05) is 44.2 Å². The summed E-state index contributed by atoms with van der Waals surface area (Å²) in [7, 11) is 0. The van der Waals surface area contributed by atoms with E-state index in [0.29, 0.717) is 12.2 Å². The first kappa shape index (κ1) is 17.1. The van der Waals surface area contributed by atoms with Crippen molar-refractivity contribution >= 4 is 17.5 Å². The molecule has 0 spiro atoms. The van der Waals surface area contributed by atoms with Gasteiger partial charge in [-0.2, -0.15) is 0 Å². The molecule has 1 aromatic carbocycles. The molecule has 2 aliphatic rings. The molecule has 0 aromatic heterocycles. The van der Waals surface area contributed by atoms with Gasteiger partial charge >= 0.3 is 0 Å². The van der Waals surface area contributed by atoms with Crippen LogP contribution in [0.4, 0.5) is 5.69 Å². The van der Waals surface area contributed by atoms with Crippen LogP contribution in [0.3, 0.4) is 0 Å². The normalized spacial score (nSPS) is 23.3. The molecule has 2 saturated heterocycles. The number of carbonyl (C=O) groups excluding carboxylic acids is 2. The van der Waals surface area contributed by atoms with Crippen molar-refractivity contribution in [3.63, 3.8) is 0 Å². The van der Waals surface area contributed by atoms with Gasteiger partial charge in [-0.1, -0.05) is 12.1 Å². The summed E-state index contributed by atoms with van der Waals surface area (Å²) < 4.78 is 0. The second kappa shape index (κ2) is 7.01. The van der Waals surface area contributed by atoms with Crippen molar-refractivity contribution in [3.05, 3.63) is 29.3 Å². The van der Waals surface area contributed by atoms with Gasteiger partial charge in [0.1, 0.15) is 0 Å². The predicted molar refractivity (Wildman–Crippen MR) is 91.9 cm³/mol. The number of aliphatic hydroxyl groups is 1. The lowest BCUT2D eigenvalue weighted by atomic mass is 10.1. The summed E-state index contributed by atoms with van der Waals surface area (Å²) in [6.07, 6.45) is 0.256. The van der Waals surface area contributed by atoms with Crippen LogP contribution < -0.4 is 4.90 Å². The number of aryl methyl sites for hydroxylation is 2. The highest BCUT2D eigenvalue weighted by molar-refractivity contribution is 6.22. The topological polar surface area (TPSA) is 64.1 Å². The van der Waals surface area contributed by atoms with Crippen molar-refractivity contribution < 1.29 is 14.7 Å². The summed E-state index contributed by atoms with van der Waals surface area (Å²) in [5.41, 5.74) is 2.69. The Labute approximate surface area is 142 Å². The van der Waals surface area contributed by atoms with E-state index >= 15 is 0 Å². The molecule has 24 heavy (non-hydrogen) atoms. The van der Waals surface area contributed by atoms with E-state index in [0.717, 1.165) is 37.3 Å². The molecular formula is C18H25N3O3. The molecule has 3 rings (SSSR count). The van der Waals surface area contributed by atoms with E-state index in [-0.39, 0.29) is 30.9 Å². The van der Waals surface area contributed by atoms with Gasteiger partial charge in [-0.25, -0.2) is 4.90 Å². The van der Waals surface area contributed by atoms with Crippen LogP contribution in [0.25, 0.3) is 0 Å². The molecular weight excluding hydrogens is 306 g/mol. The zero-order valence-corrected chi connectivity index (χ0v) is 14.4. The molecule has 2 aliphatic heterocycles. The molecule has 1 unspecified atom stereocenters. The summed E-state index contributed by atoms with van der Waals surface area (Å²) in [4.78, 5) is 31.1. The summed E-state index contributed by atoms with van der Waals surface area (Å²) >= 11 is 0. The first-order chi connectivity index (χ1) is 11.5. The molecule has 0 saturated carbocycles. The molecule has 0 bridgehead atoms. The summed E-state index contributed by atoms with van der Waals surface area (Å²) in [6.45, 7) is 7.86. The molecule has 2 fully saturated rings. The van der Waals surface area contributed by atoms with Crippen LogP contribution >= 0.6 is 0 Å². The van der Waals surface area contributed by atoms with Crippen molar-refractivity contribution in [1.29, 1.82) is 0 Å². The van der Waals surface area contributed by atoms with E-state index < -0.39 is 0 Å². The highest BCUT2D eigenvalue weighted by Crippen LogP contribution is 2.29. The molecule has 2 amide bonds. The Hall–Kier alpha value is -1.76. The van der Waals surface area contributed by atoms with E-state index in [1.165, 1.54) is 4.90 Å². The lowest BCUT2D eigenvalue weighted by Crippen LogP contribution is -2.53. The number of hydrogen-bond acceptors (Lipinski definition) is 5. The van der Waals surface area contributed by atoms with Gasteiger partial charge < -0.3 is 5.11 Å². The molecule has 0 radical (unpaired) electrons. The third kappa shape index (κ3) is 3.22. The van der Waals surface area contributed by atoms with Gasteiger partial charge in [0.25, 0.3) is 5.91 Å². The summed E-state index contributed by atoms with van der Waals surface area (Å²) in [5.74, 6) is -0.221. The fourth-order valence-electron chi connectivity index (χ4n) is 3.55. The molecule has 0 aliphatic carbocycles. The quantitative estimate of drug-likeness (QED) is 0.816. The Bertz CT molecular complexity index is 638. The van der Waals surface area contributed by atoms with Crippen LogP contribution in [-0.4, -0.2) is 72.1 Å². The van der Waals surface area contributed by atoms with Crippen molar-refractivity contribution in [2.24, 2.45) is 0 Å². The SMILES string of the molecule is Cc1ccc(C)c(N2C(=O)CC(N3CCN(CCO)CC3)C2=O)c1. The van der Waals surface area contributed by atoms with Crippen LogP contribution in [0.5, 0.6) is 0 Å². The minimum atomic E-state index is -0.353. The number of rotatable bonds is 4. The van der Waals surface area contributed by atoms with E-state index in [4.69, 9.17) is 5.11 Å². The number of imide groups is 1. The lowest BCUT2D eigenvalue weighted by Gasteiger charge is -2.36. The van der Waals surface area contributed by atoms with Gasteiger partial charge in [-0.15, -0.1) is 0 Å².